The van der Waals surface area contributed by atoms with E-state index in [4.69, 9.17) is 4.74 Å². The minimum Gasteiger partial charge on any atom is -0.372 e. The SMILES string of the molecule is C[C@@H]1CCCN(C(=O)Nc2ccc(N3C[C@@H](C)O[C@H](C)C3)cc2)C1. The Morgan fingerprint density at radius 1 is 1.08 bits per heavy atom. The number of piperidine rings is 1. The minimum atomic E-state index is 0.0166. The van der Waals surface area contributed by atoms with Gasteiger partial charge in [-0.15, -0.1) is 0 Å². The van der Waals surface area contributed by atoms with Gasteiger partial charge in [0.1, 0.15) is 0 Å². The third-order valence-electron chi connectivity index (χ3n) is 4.85. The predicted octanol–water partition coefficient (Wildman–Crippen LogP) is 3.56. The lowest BCUT2D eigenvalue weighted by molar-refractivity contribution is -0.00521. The molecule has 0 unspecified atom stereocenters. The molecule has 2 heterocycles. The molecule has 0 saturated carbocycles. The zero-order chi connectivity index (χ0) is 17.1. The van der Waals surface area contributed by atoms with Gasteiger partial charge >= 0.3 is 6.03 Å². The molecule has 0 aromatic heterocycles. The van der Waals surface area contributed by atoms with Crippen LogP contribution in [0.3, 0.4) is 0 Å². The summed E-state index contributed by atoms with van der Waals surface area (Å²) in [7, 11) is 0. The topological polar surface area (TPSA) is 44.8 Å². The van der Waals surface area contributed by atoms with Crippen molar-refractivity contribution in [3.63, 3.8) is 0 Å². The number of nitrogens with zero attached hydrogens (tertiary/aromatic N) is 2. The maximum atomic E-state index is 12.4. The molecule has 2 saturated heterocycles. The number of carbonyl (C=O) groups excluding carboxylic acids is 1. The Hall–Kier alpha value is -1.75. The van der Waals surface area contributed by atoms with E-state index in [1.54, 1.807) is 0 Å². The molecule has 3 rings (SSSR count). The van der Waals surface area contributed by atoms with Crippen LogP contribution in [0, 0.1) is 5.92 Å². The summed E-state index contributed by atoms with van der Waals surface area (Å²) in [4.78, 5) is 16.6. The van der Waals surface area contributed by atoms with Gasteiger partial charge in [-0.25, -0.2) is 4.79 Å². The van der Waals surface area contributed by atoms with Gasteiger partial charge in [0, 0.05) is 37.6 Å². The second-order valence-corrected chi connectivity index (χ2v) is 7.33. The lowest BCUT2D eigenvalue weighted by Gasteiger charge is -2.37. The number of hydrogen-bond donors (Lipinski definition) is 1. The normalized spacial score (nSPS) is 27.9. The summed E-state index contributed by atoms with van der Waals surface area (Å²) in [6, 6.07) is 8.16. The molecular formula is C19H29N3O2. The van der Waals surface area contributed by atoms with E-state index < -0.39 is 0 Å². The van der Waals surface area contributed by atoms with Crippen molar-refractivity contribution in [2.24, 2.45) is 5.92 Å². The van der Waals surface area contributed by atoms with Crippen molar-refractivity contribution in [2.45, 2.75) is 45.8 Å². The molecule has 2 amide bonds. The Morgan fingerprint density at radius 3 is 2.38 bits per heavy atom. The number of rotatable bonds is 2. The van der Waals surface area contributed by atoms with Gasteiger partial charge in [0.15, 0.2) is 0 Å². The summed E-state index contributed by atoms with van der Waals surface area (Å²) in [5, 5.41) is 3.02. The number of anilines is 2. The zero-order valence-corrected chi connectivity index (χ0v) is 15.0. The van der Waals surface area contributed by atoms with Gasteiger partial charge in [0.25, 0.3) is 0 Å². The first-order valence-corrected chi connectivity index (χ1v) is 9.07. The van der Waals surface area contributed by atoms with Gasteiger partial charge in [0.05, 0.1) is 12.2 Å². The number of benzene rings is 1. The Kier molecular flexibility index (Phi) is 5.29. The fourth-order valence-electron chi connectivity index (χ4n) is 3.72. The van der Waals surface area contributed by atoms with Crippen molar-refractivity contribution in [1.82, 2.24) is 4.90 Å². The number of hydrogen-bond acceptors (Lipinski definition) is 3. The highest BCUT2D eigenvalue weighted by molar-refractivity contribution is 5.89. The summed E-state index contributed by atoms with van der Waals surface area (Å²) in [6.07, 6.45) is 2.80. The molecule has 1 aromatic rings. The Balaban J connectivity index is 1.59. The van der Waals surface area contributed by atoms with Gasteiger partial charge in [-0.05, 0) is 56.9 Å². The lowest BCUT2D eigenvalue weighted by atomic mass is 10.0. The number of nitrogens with one attached hydrogen (secondary N) is 1. The van der Waals surface area contributed by atoms with Crippen LogP contribution in [0.15, 0.2) is 24.3 Å². The smallest absolute Gasteiger partial charge is 0.321 e. The zero-order valence-electron chi connectivity index (χ0n) is 15.0. The molecule has 0 bridgehead atoms. The van der Waals surface area contributed by atoms with Crippen molar-refractivity contribution in [3.05, 3.63) is 24.3 Å². The molecule has 1 N–H and O–H groups in total. The van der Waals surface area contributed by atoms with E-state index >= 15 is 0 Å². The van der Waals surface area contributed by atoms with Gasteiger partial charge in [-0.1, -0.05) is 6.92 Å². The summed E-state index contributed by atoms with van der Waals surface area (Å²) < 4.78 is 5.79. The van der Waals surface area contributed by atoms with Crippen LogP contribution in [-0.2, 0) is 4.74 Å². The molecule has 132 valence electrons. The first-order valence-electron chi connectivity index (χ1n) is 9.07. The molecule has 2 fully saturated rings. The number of morpholine rings is 1. The van der Waals surface area contributed by atoms with Crippen molar-refractivity contribution < 1.29 is 9.53 Å². The highest BCUT2D eigenvalue weighted by atomic mass is 16.5. The van der Waals surface area contributed by atoms with Crippen LogP contribution in [-0.4, -0.2) is 49.3 Å². The molecule has 24 heavy (non-hydrogen) atoms. The highest BCUT2D eigenvalue weighted by Crippen LogP contribution is 2.23. The Bertz CT molecular complexity index is 550. The van der Waals surface area contributed by atoms with Crippen molar-refractivity contribution >= 4 is 17.4 Å². The number of carbonyl (C=O) groups is 1. The Morgan fingerprint density at radius 2 is 1.75 bits per heavy atom. The van der Waals surface area contributed by atoms with Crippen molar-refractivity contribution in [2.75, 3.05) is 36.4 Å². The van der Waals surface area contributed by atoms with Crippen molar-refractivity contribution in [3.8, 4) is 0 Å². The first-order chi connectivity index (χ1) is 11.5. The molecular weight excluding hydrogens is 302 g/mol. The molecule has 1 aromatic carbocycles. The van der Waals surface area contributed by atoms with E-state index in [0.717, 1.165) is 38.3 Å². The fraction of sp³-hybridized carbons (Fsp3) is 0.632. The van der Waals surface area contributed by atoms with Gasteiger partial charge < -0.3 is 19.9 Å². The van der Waals surface area contributed by atoms with Gasteiger partial charge in [-0.2, -0.15) is 0 Å². The van der Waals surface area contributed by atoms with Crippen LogP contribution < -0.4 is 10.2 Å². The van der Waals surface area contributed by atoms with Crippen LogP contribution >= 0.6 is 0 Å². The van der Waals surface area contributed by atoms with E-state index in [0.29, 0.717) is 5.92 Å². The van der Waals surface area contributed by atoms with E-state index in [1.165, 1.54) is 12.1 Å². The molecule has 0 spiro atoms. The lowest BCUT2D eigenvalue weighted by Crippen LogP contribution is -2.45. The first kappa shape index (κ1) is 17.1. The number of likely N-dealkylation sites (tertiary alicyclic amines) is 1. The van der Waals surface area contributed by atoms with Crippen LogP contribution in [0.5, 0.6) is 0 Å². The molecule has 2 aliphatic heterocycles. The number of urea groups is 1. The standard InChI is InChI=1S/C19H29N3O2/c1-14-5-4-10-21(11-14)19(23)20-17-6-8-18(9-7-17)22-12-15(2)24-16(3)13-22/h6-9,14-16H,4-5,10-13H2,1-3H3,(H,20,23)/t14-,15-,16-/m1/s1. The maximum absolute atomic E-state index is 12.4. The summed E-state index contributed by atoms with van der Waals surface area (Å²) in [5.41, 5.74) is 2.04. The third kappa shape index (κ3) is 4.20. The summed E-state index contributed by atoms with van der Waals surface area (Å²) in [5.74, 6) is 0.595. The second-order valence-electron chi connectivity index (χ2n) is 7.33. The third-order valence-corrected chi connectivity index (χ3v) is 4.85. The van der Waals surface area contributed by atoms with Gasteiger partial charge in [-0.3, -0.25) is 0 Å². The van der Waals surface area contributed by atoms with Gasteiger partial charge in [0.2, 0.25) is 0 Å². The maximum Gasteiger partial charge on any atom is 0.321 e. The van der Waals surface area contributed by atoms with Crippen LogP contribution in [0.1, 0.15) is 33.6 Å². The average molecular weight is 331 g/mol. The van der Waals surface area contributed by atoms with E-state index in [1.807, 2.05) is 17.0 Å². The summed E-state index contributed by atoms with van der Waals surface area (Å²) in [6.45, 7) is 9.95. The monoisotopic (exact) mass is 331 g/mol. The van der Waals surface area contributed by atoms with Crippen LogP contribution in [0.25, 0.3) is 0 Å². The molecule has 0 radical (unpaired) electrons. The minimum absolute atomic E-state index is 0.0166. The molecule has 5 heteroatoms. The van der Waals surface area contributed by atoms with Crippen molar-refractivity contribution in [1.29, 1.82) is 0 Å². The quantitative estimate of drug-likeness (QED) is 0.901. The molecule has 0 aliphatic carbocycles. The molecule has 2 aliphatic rings. The largest absolute Gasteiger partial charge is 0.372 e. The fourth-order valence-corrected chi connectivity index (χ4v) is 3.72. The van der Waals surface area contributed by atoms with Crippen LogP contribution in [0.4, 0.5) is 16.2 Å². The highest BCUT2D eigenvalue weighted by Gasteiger charge is 2.23. The molecule has 5 nitrogen and oxygen atoms in total. The van der Waals surface area contributed by atoms with E-state index in [9.17, 15) is 4.79 Å². The number of amides is 2. The summed E-state index contributed by atoms with van der Waals surface area (Å²) >= 11 is 0. The van der Waals surface area contributed by atoms with Crippen LogP contribution in [0.2, 0.25) is 0 Å². The molecule has 3 atom stereocenters. The Labute approximate surface area is 145 Å². The van der Waals surface area contributed by atoms with E-state index in [2.05, 4.69) is 43.1 Å². The second kappa shape index (κ2) is 7.43. The average Bonchev–Trinajstić information content (AvgIpc) is 2.54. The van der Waals surface area contributed by atoms with E-state index in [-0.39, 0.29) is 18.2 Å². The predicted molar refractivity (Wildman–Crippen MR) is 97.7 cm³/mol. The number of ether oxygens (including phenoxy) is 1.